The van der Waals surface area contributed by atoms with Crippen LogP contribution in [-0.2, 0) is 23.8 Å². The molecule has 0 saturated carbocycles. The predicted molar refractivity (Wildman–Crippen MR) is 251 cm³/mol. The summed E-state index contributed by atoms with van der Waals surface area (Å²) in [4.78, 5) is 25.2. The highest BCUT2D eigenvalue weighted by molar-refractivity contribution is 5.70. The Morgan fingerprint density at radius 3 is 1.29 bits per heavy atom. The van der Waals surface area contributed by atoms with Crippen molar-refractivity contribution in [3.8, 4) is 0 Å². The van der Waals surface area contributed by atoms with Gasteiger partial charge in [0.05, 0.1) is 6.61 Å². The van der Waals surface area contributed by atoms with Gasteiger partial charge in [0.25, 0.3) is 0 Å². The Balaban J connectivity index is 4.25. The van der Waals surface area contributed by atoms with E-state index in [1.165, 1.54) is 44.9 Å². The Morgan fingerprint density at radius 1 is 0.397 bits per heavy atom. The fourth-order valence-corrected chi connectivity index (χ4v) is 5.89. The molecule has 0 aromatic rings. The van der Waals surface area contributed by atoms with Gasteiger partial charge in [-0.05, 0) is 96.3 Å². The van der Waals surface area contributed by atoms with Crippen LogP contribution in [0.1, 0.15) is 188 Å². The summed E-state index contributed by atoms with van der Waals surface area (Å²) in [5.41, 5.74) is 0. The van der Waals surface area contributed by atoms with E-state index < -0.39 is 6.10 Å². The summed E-state index contributed by atoms with van der Waals surface area (Å²) in [5.74, 6) is -0.492. The van der Waals surface area contributed by atoms with E-state index in [0.29, 0.717) is 19.4 Å². The second-order valence-electron chi connectivity index (χ2n) is 14.9. The molecule has 0 N–H and O–H groups in total. The molecule has 0 saturated heterocycles. The minimum atomic E-state index is -0.574. The van der Waals surface area contributed by atoms with Crippen LogP contribution < -0.4 is 0 Å². The van der Waals surface area contributed by atoms with Crippen LogP contribution in [0.5, 0.6) is 0 Å². The van der Waals surface area contributed by atoms with Crippen molar-refractivity contribution >= 4 is 11.9 Å². The van der Waals surface area contributed by atoms with Gasteiger partial charge in [-0.15, -0.1) is 0 Å². The molecule has 5 nitrogen and oxygen atoms in total. The lowest BCUT2D eigenvalue weighted by atomic mass is 10.1. The molecule has 0 spiro atoms. The lowest BCUT2D eigenvalue weighted by Gasteiger charge is -2.18. The van der Waals surface area contributed by atoms with E-state index >= 15 is 0 Å². The Bertz CT molecular complexity index is 1180. The van der Waals surface area contributed by atoms with Gasteiger partial charge in [-0.25, -0.2) is 0 Å². The van der Waals surface area contributed by atoms with E-state index in [4.69, 9.17) is 14.2 Å². The van der Waals surface area contributed by atoms with Crippen molar-refractivity contribution in [2.75, 3.05) is 19.8 Å². The van der Waals surface area contributed by atoms with E-state index in [1.54, 1.807) is 0 Å². The largest absolute Gasteiger partial charge is 0.462 e. The molecule has 0 radical (unpaired) electrons. The van der Waals surface area contributed by atoms with Crippen molar-refractivity contribution in [2.24, 2.45) is 0 Å². The first-order valence-electron chi connectivity index (χ1n) is 23.4. The van der Waals surface area contributed by atoms with Crippen molar-refractivity contribution in [2.45, 2.75) is 194 Å². The van der Waals surface area contributed by atoms with Gasteiger partial charge in [0.15, 0.2) is 6.10 Å². The number of carbonyl (C=O) groups excluding carboxylic acids is 2. The minimum Gasteiger partial charge on any atom is -0.462 e. The molecule has 0 aliphatic carbocycles. The molecular weight excluding hydrogens is 717 g/mol. The molecule has 1 atom stereocenters. The maximum atomic E-state index is 12.7. The molecule has 0 bridgehead atoms. The SMILES string of the molecule is CC/C=C\C/C=C\C/C=C\C/C=C\C/C=C\CCCC(=O)OC(COCCCCCCCC)COC(=O)CCCCCCCC/C=C\C/C=C\C/C=C\C/C=C\CC. The van der Waals surface area contributed by atoms with Crippen LogP contribution in [0.4, 0.5) is 0 Å². The quantitative estimate of drug-likeness (QED) is 0.0350. The number of allylic oxidation sites excluding steroid dienone is 18. The topological polar surface area (TPSA) is 61.8 Å². The number of carbonyl (C=O) groups is 2. The van der Waals surface area contributed by atoms with Crippen molar-refractivity contribution in [1.82, 2.24) is 0 Å². The van der Waals surface area contributed by atoms with E-state index in [2.05, 4.69) is 130 Å². The van der Waals surface area contributed by atoms with Crippen molar-refractivity contribution < 1.29 is 23.8 Å². The van der Waals surface area contributed by atoms with Crippen LogP contribution in [0.15, 0.2) is 109 Å². The van der Waals surface area contributed by atoms with Crippen LogP contribution in [0.3, 0.4) is 0 Å². The third-order valence-electron chi connectivity index (χ3n) is 9.30. The highest BCUT2D eigenvalue weighted by Crippen LogP contribution is 2.11. The zero-order chi connectivity index (χ0) is 42.1. The lowest BCUT2D eigenvalue weighted by molar-refractivity contribution is -0.162. The Morgan fingerprint density at radius 2 is 0.793 bits per heavy atom. The lowest BCUT2D eigenvalue weighted by Crippen LogP contribution is -2.30. The number of esters is 2. The summed E-state index contributed by atoms with van der Waals surface area (Å²) in [5, 5.41) is 0. The number of rotatable bonds is 41. The van der Waals surface area contributed by atoms with Crippen molar-refractivity contribution in [1.29, 1.82) is 0 Å². The average Bonchev–Trinajstić information content (AvgIpc) is 3.22. The minimum absolute atomic E-state index is 0.0488. The summed E-state index contributed by atoms with van der Waals surface area (Å²) in [6.07, 6.45) is 65.3. The van der Waals surface area contributed by atoms with Crippen LogP contribution >= 0.6 is 0 Å². The first kappa shape index (κ1) is 54.6. The molecular formula is C53H86O5. The van der Waals surface area contributed by atoms with Gasteiger partial charge in [-0.1, -0.05) is 188 Å². The highest BCUT2D eigenvalue weighted by Gasteiger charge is 2.17. The van der Waals surface area contributed by atoms with E-state index in [1.807, 2.05) is 0 Å². The molecule has 0 fully saturated rings. The summed E-state index contributed by atoms with van der Waals surface area (Å²) >= 11 is 0. The molecule has 0 heterocycles. The van der Waals surface area contributed by atoms with Gasteiger partial charge in [-0.2, -0.15) is 0 Å². The zero-order valence-electron chi connectivity index (χ0n) is 37.5. The molecule has 0 aromatic carbocycles. The van der Waals surface area contributed by atoms with Crippen molar-refractivity contribution in [3.63, 3.8) is 0 Å². The predicted octanol–water partition coefficient (Wildman–Crippen LogP) is 15.7. The Hall–Kier alpha value is -3.44. The molecule has 328 valence electrons. The second kappa shape index (κ2) is 47.9. The Kier molecular flexibility index (Phi) is 45.1. The Labute approximate surface area is 357 Å². The van der Waals surface area contributed by atoms with E-state index in [9.17, 15) is 9.59 Å². The fourth-order valence-electron chi connectivity index (χ4n) is 5.89. The van der Waals surface area contributed by atoms with Crippen molar-refractivity contribution in [3.05, 3.63) is 109 Å². The summed E-state index contributed by atoms with van der Waals surface area (Å²) in [6, 6.07) is 0. The third kappa shape index (κ3) is 45.3. The standard InChI is InChI=1S/C53H86O5/c1-4-7-10-13-16-18-20-22-24-26-27-29-30-32-34-36-38-40-43-46-52(54)57-50-51(49-56-48-45-42-15-12-9-6-3)58-53(55)47-44-41-39-37-35-33-31-28-25-23-21-19-17-14-11-8-5-2/h7-8,10-11,16-19,22-25,27,29,31,33,37,39,51H,4-6,9,12-15,20-21,26,28,30,32,34-36,38,40-50H2,1-3H3/b10-7-,11-8-,18-16-,19-17-,24-22-,25-23-,29-27-,33-31-,39-37-. The molecule has 5 heteroatoms. The van der Waals surface area contributed by atoms with Crippen LogP contribution in [0.2, 0.25) is 0 Å². The smallest absolute Gasteiger partial charge is 0.306 e. The number of hydrogen-bond donors (Lipinski definition) is 0. The number of unbranched alkanes of at least 4 members (excludes halogenated alkanes) is 12. The average molecular weight is 803 g/mol. The molecule has 0 amide bonds. The van der Waals surface area contributed by atoms with Gasteiger partial charge in [0.1, 0.15) is 6.61 Å². The first-order chi connectivity index (χ1) is 28.6. The first-order valence-corrected chi connectivity index (χ1v) is 23.4. The van der Waals surface area contributed by atoms with Gasteiger partial charge in [0.2, 0.25) is 0 Å². The molecule has 0 aliphatic rings. The maximum Gasteiger partial charge on any atom is 0.306 e. The van der Waals surface area contributed by atoms with Crippen LogP contribution in [-0.4, -0.2) is 37.9 Å². The van der Waals surface area contributed by atoms with Gasteiger partial charge in [-0.3, -0.25) is 9.59 Å². The molecule has 0 aliphatic heterocycles. The summed E-state index contributed by atoms with van der Waals surface area (Å²) < 4.78 is 17.2. The van der Waals surface area contributed by atoms with E-state index in [-0.39, 0.29) is 25.2 Å². The zero-order valence-corrected chi connectivity index (χ0v) is 37.5. The summed E-state index contributed by atoms with van der Waals surface area (Å²) in [7, 11) is 0. The highest BCUT2D eigenvalue weighted by atomic mass is 16.6. The van der Waals surface area contributed by atoms with Gasteiger partial charge >= 0.3 is 11.9 Å². The molecule has 1 unspecified atom stereocenters. The molecule has 0 rings (SSSR count). The number of hydrogen-bond acceptors (Lipinski definition) is 5. The van der Waals surface area contributed by atoms with E-state index in [0.717, 1.165) is 109 Å². The monoisotopic (exact) mass is 803 g/mol. The fraction of sp³-hybridized carbons (Fsp3) is 0.623. The van der Waals surface area contributed by atoms with Crippen LogP contribution in [0, 0.1) is 0 Å². The summed E-state index contributed by atoms with van der Waals surface area (Å²) in [6.45, 7) is 7.46. The second-order valence-corrected chi connectivity index (χ2v) is 14.9. The molecule has 58 heavy (non-hydrogen) atoms. The maximum absolute atomic E-state index is 12.7. The van der Waals surface area contributed by atoms with Gasteiger partial charge in [0, 0.05) is 19.4 Å². The van der Waals surface area contributed by atoms with Gasteiger partial charge < -0.3 is 14.2 Å². The number of ether oxygens (including phenoxy) is 3. The van der Waals surface area contributed by atoms with Crippen LogP contribution in [0.25, 0.3) is 0 Å². The normalized spacial score (nSPS) is 13.2. The third-order valence-corrected chi connectivity index (χ3v) is 9.30. The molecule has 0 aromatic heterocycles.